The number of aryl methyl sites for hydroxylation is 1. The summed E-state index contributed by atoms with van der Waals surface area (Å²) in [7, 11) is 0. The minimum absolute atomic E-state index is 0.258. The van der Waals surface area contributed by atoms with Crippen molar-refractivity contribution in [2.45, 2.75) is 13.8 Å². The minimum atomic E-state index is -0.459. The molecule has 4 heteroatoms. The second kappa shape index (κ2) is 5.44. The van der Waals surface area contributed by atoms with E-state index in [0.29, 0.717) is 11.3 Å². The maximum atomic E-state index is 12.3. The summed E-state index contributed by atoms with van der Waals surface area (Å²) in [4.78, 5) is 27.4. The fourth-order valence-electron chi connectivity index (χ4n) is 1.70. The zero-order chi connectivity index (χ0) is 13.8. The molecule has 0 spiro atoms. The van der Waals surface area contributed by atoms with Crippen molar-refractivity contribution in [2.24, 2.45) is 0 Å². The monoisotopic (exact) mass is 255 g/mol. The van der Waals surface area contributed by atoms with Gasteiger partial charge in [0, 0.05) is 13.1 Å². The van der Waals surface area contributed by atoms with Crippen LogP contribution in [0.1, 0.15) is 28.5 Å². The molecule has 0 radical (unpaired) electrons. The third-order valence-electron chi connectivity index (χ3n) is 2.53. The van der Waals surface area contributed by atoms with Crippen molar-refractivity contribution in [3.05, 3.63) is 59.4 Å². The highest BCUT2D eigenvalue weighted by molar-refractivity contribution is 6.09. The Bertz CT molecular complexity index is 621. The van der Waals surface area contributed by atoms with Gasteiger partial charge in [0.1, 0.15) is 11.4 Å². The van der Waals surface area contributed by atoms with Crippen molar-refractivity contribution in [1.82, 2.24) is 4.98 Å². The number of aromatic nitrogens is 1. The first-order valence-corrected chi connectivity index (χ1v) is 5.83. The SMILES string of the molecule is CC(=O)Oc1ccc(C)cc1C(=O)c1ccccn1. The van der Waals surface area contributed by atoms with E-state index in [-0.39, 0.29) is 11.5 Å². The molecule has 0 N–H and O–H groups in total. The molecule has 96 valence electrons. The third-order valence-corrected chi connectivity index (χ3v) is 2.53. The van der Waals surface area contributed by atoms with Gasteiger partial charge < -0.3 is 4.74 Å². The van der Waals surface area contributed by atoms with Crippen molar-refractivity contribution < 1.29 is 14.3 Å². The minimum Gasteiger partial charge on any atom is -0.426 e. The topological polar surface area (TPSA) is 56.3 Å². The molecule has 0 atom stereocenters. The Labute approximate surface area is 111 Å². The van der Waals surface area contributed by atoms with Gasteiger partial charge in [0.25, 0.3) is 0 Å². The number of rotatable bonds is 3. The van der Waals surface area contributed by atoms with Gasteiger partial charge in [0.2, 0.25) is 5.78 Å². The Kier molecular flexibility index (Phi) is 3.71. The quantitative estimate of drug-likeness (QED) is 0.480. The van der Waals surface area contributed by atoms with Crippen LogP contribution in [0, 0.1) is 6.92 Å². The molecule has 19 heavy (non-hydrogen) atoms. The first-order valence-electron chi connectivity index (χ1n) is 5.83. The number of carbonyl (C=O) groups is 2. The second-order valence-corrected chi connectivity index (χ2v) is 4.14. The van der Waals surface area contributed by atoms with Crippen molar-refractivity contribution in [3.63, 3.8) is 0 Å². The van der Waals surface area contributed by atoms with E-state index in [1.807, 2.05) is 6.92 Å². The number of nitrogens with zero attached hydrogens (tertiary/aromatic N) is 1. The zero-order valence-corrected chi connectivity index (χ0v) is 10.7. The molecule has 1 aromatic carbocycles. The number of hydrogen-bond donors (Lipinski definition) is 0. The van der Waals surface area contributed by atoms with Crippen LogP contribution in [-0.2, 0) is 4.79 Å². The maximum absolute atomic E-state index is 12.3. The number of ether oxygens (including phenoxy) is 1. The normalized spacial score (nSPS) is 10.0. The van der Waals surface area contributed by atoms with Crippen LogP contribution in [0.15, 0.2) is 42.6 Å². The van der Waals surface area contributed by atoms with E-state index < -0.39 is 5.97 Å². The molecule has 0 aliphatic heterocycles. The predicted octanol–water partition coefficient (Wildman–Crippen LogP) is 2.55. The Balaban J connectivity index is 2.45. The van der Waals surface area contributed by atoms with Gasteiger partial charge in [-0.05, 0) is 31.2 Å². The van der Waals surface area contributed by atoms with Crippen LogP contribution in [0.25, 0.3) is 0 Å². The highest BCUT2D eigenvalue weighted by Gasteiger charge is 2.17. The summed E-state index contributed by atoms with van der Waals surface area (Å²) in [5, 5.41) is 0. The fraction of sp³-hybridized carbons (Fsp3) is 0.133. The van der Waals surface area contributed by atoms with Crippen LogP contribution >= 0.6 is 0 Å². The number of benzene rings is 1. The number of ketones is 1. The van der Waals surface area contributed by atoms with Gasteiger partial charge in [-0.25, -0.2) is 0 Å². The molecule has 0 fully saturated rings. The highest BCUT2D eigenvalue weighted by atomic mass is 16.5. The van der Waals surface area contributed by atoms with Crippen molar-refractivity contribution in [2.75, 3.05) is 0 Å². The standard InChI is InChI=1S/C15H13NO3/c1-10-6-7-14(19-11(2)17)12(9-10)15(18)13-5-3-4-8-16-13/h3-9H,1-2H3. The van der Waals surface area contributed by atoms with Crippen LogP contribution in [0.5, 0.6) is 5.75 Å². The van der Waals surface area contributed by atoms with Crippen molar-refractivity contribution in [1.29, 1.82) is 0 Å². The van der Waals surface area contributed by atoms with Gasteiger partial charge in [-0.15, -0.1) is 0 Å². The summed E-state index contributed by atoms with van der Waals surface area (Å²) in [5.41, 5.74) is 1.57. The Morgan fingerprint density at radius 2 is 1.95 bits per heavy atom. The summed E-state index contributed by atoms with van der Waals surface area (Å²) in [5.74, 6) is -0.465. The average molecular weight is 255 g/mol. The van der Waals surface area contributed by atoms with E-state index in [1.165, 1.54) is 6.92 Å². The molecule has 4 nitrogen and oxygen atoms in total. The lowest BCUT2D eigenvalue weighted by Crippen LogP contribution is -2.10. The molecule has 0 aliphatic rings. The second-order valence-electron chi connectivity index (χ2n) is 4.14. The summed E-state index contributed by atoms with van der Waals surface area (Å²) in [6, 6.07) is 10.2. The molecule has 2 rings (SSSR count). The van der Waals surface area contributed by atoms with E-state index in [9.17, 15) is 9.59 Å². The van der Waals surface area contributed by atoms with Crippen LogP contribution in [0.2, 0.25) is 0 Å². The Hall–Kier alpha value is -2.49. The molecule has 0 amide bonds. The smallest absolute Gasteiger partial charge is 0.308 e. The van der Waals surface area contributed by atoms with Gasteiger partial charge >= 0.3 is 5.97 Å². The van der Waals surface area contributed by atoms with Crippen LogP contribution < -0.4 is 4.74 Å². The van der Waals surface area contributed by atoms with Gasteiger partial charge in [-0.2, -0.15) is 0 Å². The lowest BCUT2D eigenvalue weighted by Gasteiger charge is -2.08. The molecule has 0 saturated carbocycles. The zero-order valence-electron chi connectivity index (χ0n) is 10.7. The van der Waals surface area contributed by atoms with E-state index in [0.717, 1.165) is 5.56 Å². The number of carbonyl (C=O) groups excluding carboxylic acids is 2. The molecule has 1 aromatic heterocycles. The van der Waals surface area contributed by atoms with Gasteiger partial charge in [-0.1, -0.05) is 17.7 Å². The number of pyridine rings is 1. The van der Waals surface area contributed by atoms with Crippen molar-refractivity contribution in [3.8, 4) is 5.75 Å². The summed E-state index contributed by atoms with van der Waals surface area (Å²) in [6.07, 6.45) is 1.55. The molecule has 0 bridgehead atoms. The molecular formula is C15H13NO3. The maximum Gasteiger partial charge on any atom is 0.308 e. The Morgan fingerprint density at radius 1 is 1.16 bits per heavy atom. The van der Waals surface area contributed by atoms with Gasteiger partial charge in [0.05, 0.1) is 5.56 Å². The average Bonchev–Trinajstić information content (AvgIpc) is 2.40. The van der Waals surface area contributed by atoms with Crippen LogP contribution in [0.4, 0.5) is 0 Å². The lowest BCUT2D eigenvalue weighted by atomic mass is 10.0. The summed E-state index contributed by atoms with van der Waals surface area (Å²) < 4.78 is 5.06. The van der Waals surface area contributed by atoms with Crippen LogP contribution in [0.3, 0.4) is 0 Å². The lowest BCUT2D eigenvalue weighted by molar-refractivity contribution is -0.131. The van der Waals surface area contributed by atoms with E-state index in [1.54, 1.807) is 42.6 Å². The Morgan fingerprint density at radius 3 is 2.58 bits per heavy atom. The fourth-order valence-corrected chi connectivity index (χ4v) is 1.70. The first kappa shape index (κ1) is 13.0. The van der Waals surface area contributed by atoms with Crippen molar-refractivity contribution >= 4 is 11.8 Å². The van der Waals surface area contributed by atoms with E-state index >= 15 is 0 Å². The largest absolute Gasteiger partial charge is 0.426 e. The molecule has 0 saturated heterocycles. The van der Waals surface area contributed by atoms with Crippen LogP contribution in [-0.4, -0.2) is 16.7 Å². The number of hydrogen-bond acceptors (Lipinski definition) is 4. The third kappa shape index (κ3) is 3.04. The van der Waals surface area contributed by atoms with Gasteiger partial charge in [-0.3, -0.25) is 14.6 Å². The number of esters is 1. The molecule has 0 aliphatic carbocycles. The van der Waals surface area contributed by atoms with E-state index in [4.69, 9.17) is 4.74 Å². The van der Waals surface area contributed by atoms with E-state index in [2.05, 4.69) is 4.98 Å². The molecule has 2 aromatic rings. The predicted molar refractivity (Wildman–Crippen MR) is 70.2 cm³/mol. The summed E-state index contributed by atoms with van der Waals surface area (Å²) >= 11 is 0. The molecule has 1 heterocycles. The first-order chi connectivity index (χ1) is 9.08. The van der Waals surface area contributed by atoms with Gasteiger partial charge in [0.15, 0.2) is 0 Å². The molecular weight excluding hydrogens is 242 g/mol. The summed E-state index contributed by atoms with van der Waals surface area (Å²) in [6.45, 7) is 3.17. The molecule has 0 unspecified atom stereocenters. The highest BCUT2D eigenvalue weighted by Crippen LogP contribution is 2.22.